The topological polar surface area (TPSA) is 50.3 Å². The molecule has 0 spiro atoms. The Morgan fingerprint density at radius 2 is 1.92 bits per heavy atom. The molecule has 0 aliphatic carbocycles. The number of nitrogens with zero attached hydrogens (tertiary/aromatic N) is 3. The van der Waals surface area contributed by atoms with Crippen LogP contribution in [0.3, 0.4) is 0 Å². The second-order valence-electron chi connectivity index (χ2n) is 6.43. The summed E-state index contributed by atoms with van der Waals surface area (Å²) in [4.78, 5) is 11.4. The van der Waals surface area contributed by atoms with Crippen LogP contribution in [0, 0.1) is 5.92 Å². The second kappa shape index (κ2) is 7.99. The Morgan fingerprint density at radius 1 is 1.17 bits per heavy atom. The molecule has 2 aromatic rings. The van der Waals surface area contributed by atoms with Crippen LogP contribution in [0.15, 0.2) is 36.5 Å². The lowest BCUT2D eigenvalue weighted by Crippen LogP contribution is -2.33. The fourth-order valence-electron chi connectivity index (χ4n) is 2.96. The number of benzene rings is 1. The van der Waals surface area contributed by atoms with Crippen LogP contribution in [0.1, 0.15) is 25.3 Å². The summed E-state index contributed by atoms with van der Waals surface area (Å²) >= 11 is 0. The monoisotopic (exact) mass is 326 g/mol. The van der Waals surface area contributed by atoms with Crippen molar-refractivity contribution in [3.05, 3.63) is 42.1 Å². The van der Waals surface area contributed by atoms with Gasteiger partial charge in [0.15, 0.2) is 0 Å². The molecule has 24 heavy (non-hydrogen) atoms. The largest absolute Gasteiger partial charge is 0.497 e. The quantitative estimate of drug-likeness (QED) is 0.882. The number of ether oxygens (including phenoxy) is 1. The zero-order chi connectivity index (χ0) is 16.8. The highest BCUT2D eigenvalue weighted by molar-refractivity contribution is 5.43. The minimum Gasteiger partial charge on any atom is -0.497 e. The van der Waals surface area contributed by atoms with Crippen LogP contribution in [0.25, 0.3) is 0 Å². The minimum absolute atomic E-state index is 0.708. The Morgan fingerprint density at radius 3 is 2.62 bits per heavy atom. The Hall–Kier alpha value is -2.30. The van der Waals surface area contributed by atoms with E-state index in [1.807, 2.05) is 24.4 Å². The van der Waals surface area contributed by atoms with Gasteiger partial charge in [0.2, 0.25) is 5.95 Å². The molecular formula is C19H26N4O. The van der Waals surface area contributed by atoms with E-state index in [2.05, 4.69) is 39.2 Å². The van der Waals surface area contributed by atoms with Gasteiger partial charge in [-0.2, -0.15) is 4.98 Å². The van der Waals surface area contributed by atoms with Gasteiger partial charge in [-0.05, 0) is 48.9 Å². The van der Waals surface area contributed by atoms with Crippen molar-refractivity contribution in [1.29, 1.82) is 0 Å². The summed E-state index contributed by atoms with van der Waals surface area (Å²) in [6, 6.07) is 10.2. The van der Waals surface area contributed by atoms with Gasteiger partial charge in [-0.3, -0.25) is 0 Å². The van der Waals surface area contributed by atoms with Crippen molar-refractivity contribution < 1.29 is 4.74 Å². The number of aromatic nitrogens is 2. The third kappa shape index (κ3) is 4.37. The van der Waals surface area contributed by atoms with Gasteiger partial charge >= 0.3 is 0 Å². The number of nitrogens with one attached hydrogen (secondary N) is 1. The summed E-state index contributed by atoms with van der Waals surface area (Å²) in [6.07, 6.45) is 5.25. The van der Waals surface area contributed by atoms with Crippen molar-refractivity contribution in [3.63, 3.8) is 0 Å². The molecule has 5 heteroatoms. The number of rotatable bonds is 6. The fourth-order valence-corrected chi connectivity index (χ4v) is 2.96. The summed E-state index contributed by atoms with van der Waals surface area (Å²) in [5, 5.41) is 3.33. The first-order chi connectivity index (χ1) is 11.7. The first kappa shape index (κ1) is 16.6. The third-order valence-corrected chi connectivity index (χ3v) is 4.60. The molecule has 128 valence electrons. The van der Waals surface area contributed by atoms with Gasteiger partial charge < -0.3 is 15.0 Å². The lowest BCUT2D eigenvalue weighted by atomic mass is 9.99. The highest BCUT2D eigenvalue weighted by atomic mass is 16.5. The van der Waals surface area contributed by atoms with E-state index in [1.54, 1.807) is 7.11 Å². The van der Waals surface area contributed by atoms with E-state index >= 15 is 0 Å². The number of hydrogen-bond acceptors (Lipinski definition) is 5. The fraction of sp³-hybridized carbons (Fsp3) is 0.474. The van der Waals surface area contributed by atoms with Gasteiger partial charge in [0.25, 0.3) is 0 Å². The lowest BCUT2D eigenvalue weighted by Gasteiger charge is -2.31. The van der Waals surface area contributed by atoms with E-state index in [9.17, 15) is 0 Å². The summed E-state index contributed by atoms with van der Waals surface area (Å²) in [5.41, 5.74) is 1.27. The summed E-state index contributed by atoms with van der Waals surface area (Å²) in [6.45, 7) is 5.31. The van der Waals surface area contributed by atoms with Crippen LogP contribution < -0.4 is 15.0 Å². The van der Waals surface area contributed by atoms with Gasteiger partial charge in [0.1, 0.15) is 11.6 Å². The number of hydrogen-bond donors (Lipinski definition) is 1. The maximum Gasteiger partial charge on any atom is 0.224 e. The molecule has 1 aromatic heterocycles. The van der Waals surface area contributed by atoms with Crippen LogP contribution in [0.2, 0.25) is 0 Å². The maximum atomic E-state index is 5.18. The van der Waals surface area contributed by atoms with E-state index in [0.717, 1.165) is 43.5 Å². The molecule has 0 bridgehead atoms. The molecular weight excluding hydrogens is 300 g/mol. The Bertz CT molecular complexity index is 636. The summed E-state index contributed by atoms with van der Waals surface area (Å²) in [5.74, 6) is 3.45. The predicted octanol–water partition coefficient (Wildman–Crippen LogP) is 3.38. The second-order valence-corrected chi connectivity index (χ2v) is 6.43. The zero-order valence-corrected chi connectivity index (χ0v) is 14.5. The SMILES string of the molecule is COc1ccc(CCNc2nccc(N3CCC(C)CC3)n2)cc1. The molecule has 3 rings (SSSR count). The van der Waals surface area contributed by atoms with Crippen LogP contribution in [-0.2, 0) is 6.42 Å². The average Bonchev–Trinajstić information content (AvgIpc) is 2.63. The number of anilines is 2. The molecule has 0 amide bonds. The van der Waals surface area contributed by atoms with Crippen molar-refractivity contribution in [2.45, 2.75) is 26.2 Å². The van der Waals surface area contributed by atoms with E-state index in [1.165, 1.54) is 18.4 Å². The Balaban J connectivity index is 1.52. The molecule has 1 aromatic carbocycles. The van der Waals surface area contributed by atoms with E-state index in [4.69, 9.17) is 4.74 Å². The van der Waals surface area contributed by atoms with Crippen molar-refractivity contribution in [1.82, 2.24) is 9.97 Å². The standard InChI is InChI=1S/C19H26N4O/c1-15-9-13-23(14-10-15)18-8-12-21-19(22-18)20-11-7-16-3-5-17(24-2)6-4-16/h3-6,8,12,15H,7,9-11,13-14H2,1-2H3,(H,20,21,22). The molecule has 1 aliphatic heterocycles. The highest BCUT2D eigenvalue weighted by Crippen LogP contribution is 2.21. The average molecular weight is 326 g/mol. The molecule has 1 aliphatic rings. The first-order valence-corrected chi connectivity index (χ1v) is 8.69. The molecule has 1 fully saturated rings. The van der Waals surface area contributed by atoms with Crippen molar-refractivity contribution >= 4 is 11.8 Å². The van der Waals surface area contributed by atoms with Crippen LogP contribution in [0.5, 0.6) is 5.75 Å². The molecule has 1 N–H and O–H groups in total. The maximum absolute atomic E-state index is 5.18. The van der Waals surface area contributed by atoms with E-state index < -0.39 is 0 Å². The molecule has 2 heterocycles. The van der Waals surface area contributed by atoms with Gasteiger partial charge in [0, 0.05) is 25.8 Å². The Labute approximate surface area is 144 Å². The molecule has 0 radical (unpaired) electrons. The van der Waals surface area contributed by atoms with Crippen molar-refractivity contribution in [2.24, 2.45) is 5.92 Å². The van der Waals surface area contributed by atoms with Crippen LogP contribution in [0.4, 0.5) is 11.8 Å². The van der Waals surface area contributed by atoms with Gasteiger partial charge in [-0.15, -0.1) is 0 Å². The summed E-state index contributed by atoms with van der Waals surface area (Å²) < 4.78 is 5.18. The number of methoxy groups -OCH3 is 1. The van der Waals surface area contributed by atoms with Crippen LogP contribution in [-0.4, -0.2) is 36.7 Å². The Kier molecular flexibility index (Phi) is 5.51. The predicted molar refractivity (Wildman–Crippen MR) is 97.8 cm³/mol. The molecule has 5 nitrogen and oxygen atoms in total. The molecule has 1 saturated heterocycles. The summed E-state index contributed by atoms with van der Waals surface area (Å²) in [7, 11) is 1.68. The van der Waals surface area contributed by atoms with Crippen molar-refractivity contribution in [2.75, 3.05) is 37.0 Å². The van der Waals surface area contributed by atoms with Crippen LogP contribution >= 0.6 is 0 Å². The van der Waals surface area contributed by atoms with E-state index in [-0.39, 0.29) is 0 Å². The first-order valence-electron chi connectivity index (χ1n) is 8.69. The van der Waals surface area contributed by atoms with E-state index in [0.29, 0.717) is 5.95 Å². The third-order valence-electron chi connectivity index (χ3n) is 4.60. The van der Waals surface area contributed by atoms with Gasteiger partial charge in [-0.1, -0.05) is 19.1 Å². The normalized spacial score (nSPS) is 15.3. The zero-order valence-electron chi connectivity index (χ0n) is 14.5. The minimum atomic E-state index is 0.708. The van der Waals surface area contributed by atoms with Gasteiger partial charge in [-0.25, -0.2) is 4.98 Å². The molecule has 0 atom stereocenters. The number of piperidine rings is 1. The smallest absolute Gasteiger partial charge is 0.224 e. The lowest BCUT2D eigenvalue weighted by molar-refractivity contribution is 0.414. The molecule has 0 unspecified atom stereocenters. The van der Waals surface area contributed by atoms with Gasteiger partial charge in [0.05, 0.1) is 7.11 Å². The molecule has 0 saturated carbocycles. The van der Waals surface area contributed by atoms with Crippen molar-refractivity contribution in [3.8, 4) is 5.75 Å². The highest BCUT2D eigenvalue weighted by Gasteiger charge is 2.17.